The minimum absolute atomic E-state index is 0.244. The van der Waals surface area contributed by atoms with Gasteiger partial charge in [0.2, 0.25) is 0 Å². The molecule has 0 aliphatic rings. The van der Waals surface area contributed by atoms with Gasteiger partial charge in [-0.2, -0.15) is 0 Å². The van der Waals surface area contributed by atoms with Crippen LogP contribution in [0.15, 0.2) is 24.4 Å². The van der Waals surface area contributed by atoms with Crippen LogP contribution in [-0.2, 0) is 6.42 Å². The van der Waals surface area contributed by atoms with Gasteiger partial charge in [-0.25, -0.2) is 0 Å². The van der Waals surface area contributed by atoms with Crippen molar-refractivity contribution in [3.63, 3.8) is 0 Å². The molecule has 15 heavy (non-hydrogen) atoms. The second-order valence-corrected chi connectivity index (χ2v) is 3.27. The lowest BCUT2D eigenvalue weighted by molar-refractivity contribution is 0.415. The summed E-state index contributed by atoms with van der Waals surface area (Å²) >= 11 is 0. The summed E-state index contributed by atoms with van der Waals surface area (Å²) in [6.07, 6.45) is 2.17. The third-order valence-corrected chi connectivity index (χ3v) is 2.39. The van der Waals surface area contributed by atoms with Crippen molar-refractivity contribution in [2.24, 2.45) is 0 Å². The molecule has 2 rings (SSSR count). The molecule has 0 amide bonds. The number of fused-ring (bicyclic) bond motifs is 1. The van der Waals surface area contributed by atoms with Gasteiger partial charge in [0, 0.05) is 17.1 Å². The van der Waals surface area contributed by atoms with Crippen molar-refractivity contribution in [3.05, 3.63) is 36.9 Å². The Morgan fingerprint density at radius 3 is 2.93 bits per heavy atom. The molecule has 77 valence electrons. The molecule has 1 radical (unpaired) electrons. The van der Waals surface area contributed by atoms with Crippen molar-refractivity contribution in [2.75, 3.05) is 7.11 Å². The van der Waals surface area contributed by atoms with Crippen molar-refractivity contribution in [3.8, 4) is 11.5 Å². The normalized spacial score (nSPS) is 10.5. The molecular formula is C12H12NO2. The van der Waals surface area contributed by atoms with E-state index in [1.54, 1.807) is 19.4 Å². The Labute approximate surface area is 88.3 Å². The van der Waals surface area contributed by atoms with Crippen molar-refractivity contribution in [1.29, 1.82) is 0 Å². The van der Waals surface area contributed by atoms with Crippen LogP contribution in [0.2, 0.25) is 0 Å². The van der Waals surface area contributed by atoms with Crippen LogP contribution < -0.4 is 4.74 Å². The quantitative estimate of drug-likeness (QED) is 0.812. The standard InChI is InChI=1S/C12H12NO2/c1-3-8-7-13-11-5-4-9(15-2)6-10(11)12(8)14/h4-7H,1,3H2,2H3,(H,13,14). The molecule has 0 saturated heterocycles. The van der Waals surface area contributed by atoms with E-state index in [1.165, 1.54) is 0 Å². The third kappa shape index (κ3) is 1.61. The first-order chi connectivity index (χ1) is 7.26. The largest absolute Gasteiger partial charge is 0.507 e. The maximum Gasteiger partial charge on any atom is 0.129 e. The van der Waals surface area contributed by atoms with Crippen LogP contribution in [0.5, 0.6) is 11.5 Å². The molecule has 0 aliphatic heterocycles. The number of pyridine rings is 1. The Hall–Kier alpha value is -1.77. The molecule has 0 fully saturated rings. The van der Waals surface area contributed by atoms with Crippen molar-refractivity contribution >= 4 is 10.9 Å². The van der Waals surface area contributed by atoms with Crippen molar-refractivity contribution < 1.29 is 9.84 Å². The van der Waals surface area contributed by atoms with E-state index in [2.05, 4.69) is 11.9 Å². The summed E-state index contributed by atoms with van der Waals surface area (Å²) in [5, 5.41) is 10.6. The Balaban J connectivity index is 2.72. The smallest absolute Gasteiger partial charge is 0.129 e. The van der Waals surface area contributed by atoms with E-state index in [1.807, 2.05) is 12.1 Å². The average molecular weight is 202 g/mol. The molecule has 0 saturated carbocycles. The van der Waals surface area contributed by atoms with E-state index in [0.717, 1.165) is 11.1 Å². The number of nitrogens with zero attached hydrogens (tertiary/aromatic N) is 1. The van der Waals surface area contributed by atoms with Gasteiger partial charge in [-0.05, 0) is 31.5 Å². The Morgan fingerprint density at radius 2 is 2.27 bits per heavy atom. The lowest BCUT2D eigenvalue weighted by atomic mass is 10.1. The fourth-order valence-electron chi connectivity index (χ4n) is 1.51. The predicted molar refractivity (Wildman–Crippen MR) is 59.0 cm³/mol. The fraction of sp³-hybridized carbons (Fsp3) is 0.167. The molecule has 1 N–H and O–H groups in total. The molecule has 0 spiro atoms. The molecule has 3 nitrogen and oxygen atoms in total. The summed E-state index contributed by atoms with van der Waals surface area (Å²) < 4.78 is 5.10. The Bertz CT molecular complexity index is 489. The molecule has 1 aromatic heterocycles. The number of aromatic hydroxyl groups is 1. The predicted octanol–water partition coefficient (Wildman–Crippen LogP) is 2.33. The maximum absolute atomic E-state index is 9.93. The first kappa shape index (κ1) is 9.77. The third-order valence-electron chi connectivity index (χ3n) is 2.39. The van der Waals surface area contributed by atoms with Gasteiger partial charge >= 0.3 is 0 Å². The summed E-state index contributed by atoms with van der Waals surface area (Å²) in [7, 11) is 1.59. The average Bonchev–Trinajstić information content (AvgIpc) is 2.29. The van der Waals surface area contributed by atoms with Gasteiger partial charge in [-0.15, -0.1) is 0 Å². The zero-order chi connectivity index (χ0) is 10.8. The second kappa shape index (κ2) is 3.77. The highest BCUT2D eigenvalue weighted by atomic mass is 16.5. The topological polar surface area (TPSA) is 42.4 Å². The van der Waals surface area contributed by atoms with E-state index in [0.29, 0.717) is 17.6 Å². The van der Waals surface area contributed by atoms with Crippen LogP contribution in [0, 0.1) is 6.92 Å². The molecule has 0 bridgehead atoms. The second-order valence-electron chi connectivity index (χ2n) is 3.27. The number of ether oxygens (including phenoxy) is 1. The highest BCUT2D eigenvalue weighted by Gasteiger charge is 2.06. The van der Waals surface area contributed by atoms with E-state index in [4.69, 9.17) is 4.74 Å². The van der Waals surface area contributed by atoms with Crippen LogP contribution >= 0.6 is 0 Å². The van der Waals surface area contributed by atoms with Crippen molar-refractivity contribution in [2.45, 2.75) is 6.42 Å². The molecule has 1 heterocycles. The molecule has 2 aromatic rings. The number of aromatic nitrogens is 1. The van der Waals surface area contributed by atoms with Gasteiger partial charge in [0.25, 0.3) is 0 Å². The van der Waals surface area contributed by atoms with E-state index >= 15 is 0 Å². The summed E-state index contributed by atoms with van der Waals surface area (Å²) in [6.45, 7) is 3.73. The van der Waals surface area contributed by atoms with Gasteiger partial charge < -0.3 is 9.84 Å². The number of benzene rings is 1. The highest BCUT2D eigenvalue weighted by Crippen LogP contribution is 2.29. The summed E-state index contributed by atoms with van der Waals surface area (Å²) in [5.74, 6) is 0.953. The number of hydrogen-bond donors (Lipinski definition) is 1. The molecule has 1 aromatic carbocycles. The highest BCUT2D eigenvalue weighted by molar-refractivity contribution is 5.87. The molecule has 0 atom stereocenters. The zero-order valence-corrected chi connectivity index (χ0v) is 8.53. The molecule has 0 unspecified atom stereocenters. The fourth-order valence-corrected chi connectivity index (χ4v) is 1.51. The molecule has 3 heteroatoms. The lowest BCUT2D eigenvalue weighted by Crippen LogP contribution is -1.89. The molecule has 0 aliphatic carbocycles. The van der Waals surface area contributed by atoms with Crippen molar-refractivity contribution in [1.82, 2.24) is 4.98 Å². The first-order valence-corrected chi connectivity index (χ1v) is 4.70. The summed E-state index contributed by atoms with van der Waals surface area (Å²) in [4.78, 5) is 4.23. The summed E-state index contributed by atoms with van der Waals surface area (Å²) in [6, 6.07) is 5.41. The van der Waals surface area contributed by atoms with E-state index < -0.39 is 0 Å². The minimum Gasteiger partial charge on any atom is -0.507 e. The van der Waals surface area contributed by atoms with Crippen LogP contribution in [0.4, 0.5) is 0 Å². The van der Waals surface area contributed by atoms with E-state index in [9.17, 15) is 5.11 Å². The van der Waals surface area contributed by atoms with Crippen LogP contribution in [0.1, 0.15) is 5.56 Å². The Kier molecular flexibility index (Phi) is 2.46. The summed E-state index contributed by atoms with van der Waals surface area (Å²) in [5.41, 5.74) is 1.50. The lowest BCUT2D eigenvalue weighted by Gasteiger charge is -2.06. The first-order valence-electron chi connectivity index (χ1n) is 4.70. The van der Waals surface area contributed by atoms with Crippen LogP contribution in [-0.4, -0.2) is 17.2 Å². The Morgan fingerprint density at radius 1 is 1.47 bits per heavy atom. The zero-order valence-electron chi connectivity index (χ0n) is 8.53. The van der Waals surface area contributed by atoms with Gasteiger partial charge in [-0.1, -0.05) is 0 Å². The van der Waals surface area contributed by atoms with Crippen LogP contribution in [0.25, 0.3) is 10.9 Å². The SMILES string of the molecule is [CH2]Cc1cnc2ccc(OC)cc2c1O. The maximum atomic E-state index is 9.93. The molecular weight excluding hydrogens is 190 g/mol. The number of methoxy groups -OCH3 is 1. The van der Waals surface area contributed by atoms with Gasteiger partial charge in [-0.3, -0.25) is 4.98 Å². The van der Waals surface area contributed by atoms with Gasteiger partial charge in [0.1, 0.15) is 11.5 Å². The minimum atomic E-state index is 0.244. The van der Waals surface area contributed by atoms with Crippen LogP contribution in [0.3, 0.4) is 0 Å². The van der Waals surface area contributed by atoms with Gasteiger partial charge in [0.05, 0.1) is 12.6 Å². The number of hydrogen-bond acceptors (Lipinski definition) is 3. The monoisotopic (exact) mass is 202 g/mol. The van der Waals surface area contributed by atoms with E-state index in [-0.39, 0.29) is 5.75 Å². The number of rotatable bonds is 2. The van der Waals surface area contributed by atoms with Gasteiger partial charge in [0.15, 0.2) is 0 Å².